The van der Waals surface area contributed by atoms with E-state index >= 15 is 0 Å². The van der Waals surface area contributed by atoms with Crippen molar-refractivity contribution in [2.45, 2.75) is 0 Å². The van der Waals surface area contributed by atoms with Gasteiger partial charge in [-0.05, 0) is 36.4 Å². The SMILES string of the molecule is CN(C)c1ccc(N=Nc2ccccc2C=O)cc1. The van der Waals surface area contributed by atoms with Gasteiger partial charge in [-0.1, -0.05) is 12.1 Å². The van der Waals surface area contributed by atoms with Crippen molar-refractivity contribution >= 4 is 23.3 Å². The molecule has 4 nitrogen and oxygen atoms in total. The van der Waals surface area contributed by atoms with Crippen LogP contribution in [-0.2, 0) is 0 Å². The number of carbonyl (C=O) groups is 1. The van der Waals surface area contributed by atoms with E-state index in [1.165, 1.54) is 0 Å². The van der Waals surface area contributed by atoms with Crippen molar-refractivity contribution in [2.24, 2.45) is 10.2 Å². The zero-order valence-corrected chi connectivity index (χ0v) is 10.9. The minimum atomic E-state index is 0.538. The Bertz CT molecular complexity index is 589. The van der Waals surface area contributed by atoms with Gasteiger partial charge in [-0.25, -0.2) is 0 Å². The summed E-state index contributed by atoms with van der Waals surface area (Å²) in [6, 6.07) is 14.8. The van der Waals surface area contributed by atoms with E-state index in [-0.39, 0.29) is 0 Å². The summed E-state index contributed by atoms with van der Waals surface area (Å²) in [6.07, 6.45) is 0.781. The van der Waals surface area contributed by atoms with Crippen molar-refractivity contribution in [2.75, 3.05) is 19.0 Å². The van der Waals surface area contributed by atoms with Crippen LogP contribution in [-0.4, -0.2) is 20.4 Å². The average Bonchev–Trinajstić information content (AvgIpc) is 2.45. The number of rotatable bonds is 4. The predicted molar refractivity (Wildman–Crippen MR) is 76.8 cm³/mol. The highest BCUT2D eigenvalue weighted by atomic mass is 16.1. The Hall–Kier alpha value is -2.49. The first-order chi connectivity index (χ1) is 9.20. The molecule has 0 amide bonds. The van der Waals surface area contributed by atoms with E-state index < -0.39 is 0 Å². The Labute approximate surface area is 112 Å². The topological polar surface area (TPSA) is 45.0 Å². The normalized spacial score (nSPS) is 10.6. The lowest BCUT2D eigenvalue weighted by Gasteiger charge is -2.11. The number of aldehydes is 1. The molecule has 0 saturated heterocycles. The Balaban J connectivity index is 2.20. The Kier molecular flexibility index (Phi) is 4.03. The molecule has 0 bridgehead atoms. The number of anilines is 1. The van der Waals surface area contributed by atoms with Crippen LogP contribution < -0.4 is 4.90 Å². The van der Waals surface area contributed by atoms with E-state index in [0.717, 1.165) is 17.7 Å². The molecule has 0 radical (unpaired) electrons. The summed E-state index contributed by atoms with van der Waals surface area (Å²) >= 11 is 0. The molecule has 0 spiro atoms. The summed E-state index contributed by atoms with van der Waals surface area (Å²) in [5.74, 6) is 0. The van der Waals surface area contributed by atoms with Gasteiger partial charge in [0.1, 0.15) is 0 Å². The van der Waals surface area contributed by atoms with Gasteiger partial charge in [-0.15, -0.1) is 5.11 Å². The maximum Gasteiger partial charge on any atom is 0.152 e. The quantitative estimate of drug-likeness (QED) is 0.611. The molecule has 0 aliphatic heterocycles. The van der Waals surface area contributed by atoms with Crippen molar-refractivity contribution in [3.8, 4) is 0 Å². The van der Waals surface area contributed by atoms with Gasteiger partial charge in [0, 0.05) is 25.3 Å². The second-order valence-corrected chi connectivity index (χ2v) is 4.29. The number of nitrogens with zero attached hydrogens (tertiary/aromatic N) is 3. The zero-order chi connectivity index (χ0) is 13.7. The van der Waals surface area contributed by atoms with Crippen molar-refractivity contribution in [3.05, 3.63) is 54.1 Å². The van der Waals surface area contributed by atoms with Gasteiger partial charge in [0.2, 0.25) is 0 Å². The molecule has 0 N–H and O–H groups in total. The zero-order valence-electron chi connectivity index (χ0n) is 10.9. The Morgan fingerprint density at radius 2 is 1.63 bits per heavy atom. The molecule has 0 aliphatic rings. The summed E-state index contributed by atoms with van der Waals surface area (Å²) in [7, 11) is 3.97. The van der Waals surface area contributed by atoms with Crippen LogP contribution in [0.15, 0.2) is 58.8 Å². The first kappa shape index (κ1) is 13.0. The van der Waals surface area contributed by atoms with Gasteiger partial charge in [0.15, 0.2) is 6.29 Å². The summed E-state index contributed by atoms with van der Waals surface area (Å²) in [4.78, 5) is 12.9. The maximum absolute atomic E-state index is 10.9. The van der Waals surface area contributed by atoms with Crippen molar-refractivity contribution < 1.29 is 4.79 Å². The fourth-order valence-electron chi connectivity index (χ4n) is 1.61. The third kappa shape index (κ3) is 3.25. The van der Waals surface area contributed by atoms with E-state index in [4.69, 9.17) is 0 Å². The van der Waals surface area contributed by atoms with Gasteiger partial charge in [-0.2, -0.15) is 5.11 Å². The highest BCUT2D eigenvalue weighted by molar-refractivity contribution is 5.82. The van der Waals surface area contributed by atoms with Crippen molar-refractivity contribution in [1.82, 2.24) is 0 Å². The smallest absolute Gasteiger partial charge is 0.152 e. The van der Waals surface area contributed by atoms with Crippen LogP contribution in [0.25, 0.3) is 0 Å². The summed E-state index contributed by atoms with van der Waals surface area (Å²) in [5.41, 5.74) is 2.98. The van der Waals surface area contributed by atoms with E-state index in [0.29, 0.717) is 11.3 Å². The molecule has 0 heterocycles. The largest absolute Gasteiger partial charge is 0.378 e. The van der Waals surface area contributed by atoms with Crippen molar-refractivity contribution in [1.29, 1.82) is 0 Å². The molecule has 2 rings (SSSR count). The highest BCUT2D eigenvalue weighted by Gasteiger charge is 1.98. The van der Waals surface area contributed by atoms with Crippen LogP contribution in [0, 0.1) is 0 Å². The molecule has 2 aromatic carbocycles. The molecular weight excluding hydrogens is 238 g/mol. The summed E-state index contributed by atoms with van der Waals surface area (Å²) < 4.78 is 0. The standard InChI is InChI=1S/C15H15N3O/c1-18(2)14-9-7-13(8-10-14)16-17-15-6-4-3-5-12(15)11-19/h3-11H,1-2H3. The van der Waals surface area contributed by atoms with Crippen LogP contribution >= 0.6 is 0 Å². The van der Waals surface area contributed by atoms with E-state index in [1.54, 1.807) is 18.2 Å². The third-order valence-electron chi connectivity index (χ3n) is 2.70. The minimum absolute atomic E-state index is 0.538. The number of benzene rings is 2. The highest BCUT2D eigenvalue weighted by Crippen LogP contribution is 2.22. The Morgan fingerprint density at radius 1 is 0.947 bits per heavy atom. The lowest BCUT2D eigenvalue weighted by Crippen LogP contribution is -2.07. The van der Waals surface area contributed by atoms with Crippen molar-refractivity contribution in [3.63, 3.8) is 0 Å². The molecule has 2 aromatic rings. The molecular formula is C15H15N3O. The molecule has 96 valence electrons. The fraction of sp³-hybridized carbons (Fsp3) is 0.133. The van der Waals surface area contributed by atoms with Crippen LogP contribution in [0.5, 0.6) is 0 Å². The van der Waals surface area contributed by atoms with Gasteiger partial charge >= 0.3 is 0 Å². The number of hydrogen-bond acceptors (Lipinski definition) is 4. The Morgan fingerprint density at radius 3 is 2.26 bits per heavy atom. The van der Waals surface area contributed by atoms with Crippen LogP contribution in [0.4, 0.5) is 17.1 Å². The molecule has 19 heavy (non-hydrogen) atoms. The summed E-state index contributed by atoms with van der Waals surface area (Å²) in [5, 5.41) is 8.24. The molecule has 4 heteroatoms. The number of azo groups is 1. The average molecular weight is 253 g/mol. The predicted octanol–water partition coefficient (Wildman–Crippen LogP) is 3.98. The van der Waals surface area contributed by atoms with E-state index in [1.807, 2.05) is 49.3 Å². The summed E-state index contributed by atoms with van der Waals surface area (Å²) in [6.45, 7) is 0. The fourth-order valence-corrected chi connectivity index (χ4v) is 1.61. The third-order valence-corrected chi connectivity index (χ3v) is 2.70. The first-order valence-electron chi connectivity index (χ1n) is 5.94. The molecule has 0 aliphatic carbocycles. The van der Waals surface area contributed by atoms with Gasteiger partial charge in [-0.3, -0.25) is 4.79 Å². The maximum atomic E-state index is 10.9. The minimum Gasteiger partial charge on any atom is -0.378 e. The van der Waals surface area contributed by atoms with E-state index in [9.17, 15) is 4.79 Å². The first-order valence-corrected chi connectivity index (χ1v) is 5.94. The van der Waals surface area contributed by atoms with Crippen LogP contribution in [0.3, 0.4) is 0 Å². The van der Waals surface area contributed by atoms with Gasteiger partial charge in [0.05, 0.1) is 11.4 Å². The second kappa shape index (κ2) is 5.91. The van der Waals surface area contributed by atoms with Gasteiger partial charge < -0.3 is 4.90 Å². The monoisotopic (exact) mass is 253 g/mol. The molecule has 0 fully saturated rings. The van der Waals surface area contributed by atoms with Gasteiger partial charge in [0.25, 0.3) is 0 Å². The molecule has 0 aromatic heterocycles. The number of carbonyl (C=O) groups excluding carboxylic acids is 1. The number of hydrogen-bond donors (Lipinski definition) is 0. The lowest BCUT2D eigenvalue weighted by molar-refractivity contribution is 0.112. The molecule has 0 unspecified atom stereocenters. The molecule has 0 saturated carbocycles. The lowest BCUT2D eigenvalue weighted by atomic mass is 10.2. The van der Waals surface area contributed by atoms with Crippen LogP contribution in [0.2, 0.25) is 0 Å². The second-order valence-electron chi connectivity index (χ2n) is 4.29. The molecule has 0 atom stereocenters. The van der Waals surface area contributed by atoms with Crippen LogP contribution in [0.1, 0.15) is 10.4 Å². The van der Waals surface area contributed by atoms with E-state index in [2.05, 4.69) is 10.2 Å².